The zero-order chi connectivity index (χ0) is 13.0. The smallest absolute Gasteiger partial charge is 0.180 e. The molecule has 0 heterocycles. The Morgan fingerprint density at radius 3 is 2.41 bits per heavy atom. The molecule has 0 aliphatic heterocycles. The Kier molecular flexibility index (Phi) is 4.96. The van der Waals surface area contributed by atoms with Crippen molar-refractivity contribution in [3.63, 3.8) is 0 Å². The molecule has 94 valence electrons. The molecule has 0 unspecified atom stereocenters. The van der Waals surface area contributed by atoms with Gasteiger partial charge < -0.3 is 14.8 Å². The average Bonchev–Trinajstić information content (AvgIpc) is 2.28. The molecular formula is C12H16BrNO3. The molecule has 17 heavy (non-hydrogen) atoms. The molecule has 0 amide bonds. The maximum absolute atomic E-state index is 12.0. The Balaban J connectivity index is 3.41. The highest BCUT2D eigenvalue weighted by Gasteiger charge is 2.21. The minimum absolute atomic E-state index is 0.0207. The van der Waals surface area contributed by atoms with Gasteiger partial charge in [-0.25, -0.2) is 0 Å². The molecule has 1 rings (SSSR count). The van der Waals surface area contributed by atoms with E-state index in [0.29, 0.717) is 17.1 Å². The van der Waals surface area contributed by atoms with E-state index in [1.54, 1.807) is 14.2 Å². The van der Waals surface area contributed by atoms with Gasteiger partial charge in [-0.15, -0.1) is 0 Å². The summed E-state index contributed by atoms with van der Waals surface area (Å²) in [6.45, 7) is 2.14. The van der Waals surface area contributed by atoms with Crippen LogP contribution in [-0.2, 0) is 0 Å². The van der Waals surface area contributed by atoms with Crippen molar-refractivity contribution in [1.82, 2.24) is 5.32 Å². The first-order chi connectivity index (χ1) is 8.06. The van der Waals surface area contributed by atoms with Crippen molar-refractivity contribution in [1.29, 1.82) is 0 Å². The molecule has 1 aromatic rings. The Morgan fingerprint density at radius 1 is 1.35 bits per heavy atom. The SMILES string of the molecule is CNCC(=O)c1c(C)cc(Br)c(OC)c1OC. The van der Waals surface area contributed by atoms with Gasteiger partial charge in [-0.1, -0.05) is 0 Å². The largest absolute Gasteiger partial charge is 0.492 e. The van der Waals surface area contributed by atoms with E-state index in [2.05, 4.69) is 21.2 Å². The number of carbonyl (C=O) groups is 1. The van der Waals surface area contributed by atoms with E-state index in [-0.39, 0.29) is 12.3 Å². The summed E-state index contributed by atoms with van der Waals surface area (Å²) in [7, 11) is 4.81. The Hall–Kier alpha value is -1.07. The summed E-state index contributed by atoms with van der Waals surface area (Å²) in [6, 6.07) is 1.85. The van der Waals surface area contributed by atoms with E-state index in [0.717, 1.165) is 10.0 Å². The van der Waals surface area contributed by atoms with Crippen LogP contribution in [0.15, 0.2) is 10.5 Å². The summed E-state index contributed by atoms with van der Waals surface area (Å²) in [5, 5.41) is 2.84. The van der Waals surface area contributed by atoms with Gasteiger partial charge in [-0.05, 0) is 41.5 Å². The van der Waals surface area contributed by atoms with Crippen LogP contribution in [0.3, 0.4) is 0 Å². The minimum atomic E-state index is -0.0207. The summed E-state index contributed by atoms with van der Waals surface area (Å²) in [4.78, 5) is 12.0. The second-order valence-electron chi connectivity index (χ2n) is 3.57. The third-order valence-electron chi connectivity index (χ3n) is 2.41. The molecule has 0 bridgehead atoms. The van der Waals surface area contributed by atoms with E-state index in [1.807, 2.05) is 13.0 Å². The number of methoxy groups -OCH3 is 2. The summed E-state index contributed by atoms with van der Waals surface area (Å²) < 4.78 is 11.3. The number of hydrogen-bond donors (Lipinski definition) is 1. The van der Waals surface area contributed by atoms with Gasteiger partial charge in [-0.2, -0.15) is 0 Å². The molecule has 4 nitrogen and oxygen atoms in total. The normalized spacial score (nSPS) is 10.2. The van der Waals surface area contributed by atoms with Gasteiger partial charge in [0.05, 0.1) is 30.8 Å². The van der Waals surface area contributed by atoms with Crippen molar-refractivity contribution < 1.29 is 14.3 Å². The fourth-order valence-electron chi connectivity index (χ4n) is 1.71. The van der Waals surface area contributed by atoms with Crippen LogP contribution in [0.5, 0.6) is 11.5 Å². The monoisotopic (exact) mass is 301 g/mol. The maximum Gasteiger partial charge on any atom is 0.180 e. The molecule has 0 aliphatic carbocycles. The lowest BCUT2D eigenvalue weighted by atomic mass is 10.0. The molecule has 0 atom stereocenters. The molecule has 0 aliphatic rings. The number of carbonyl (C=O) groups excluding carboxylic acids is 1. The Morgan fingerprint density at radius 2 is 1.94 bits per heavy atom. The third-order valence-corrected chi connectivity index (χ3v) is 3.00. The predicted octanol–water partition coefficient (Wildman–Crippen LogP) is 2.18. The fraction of sp³-hybridized carbons (Fsp3) is 0.417. The van der Waals surface area contributed by atoms with Crippen LogP contribution in [0.4, 0.5) is 0 Å². The first-order valence-corrected chi connectivity index (χ1v) is 5.95. The van der Waals surface area contributed by atoms with Crippen LogP contribution in [0.25, 0.3) is 0 Å². The van der Waals surface area contributed by atoms with Crippen LogP contribution in [0.1, 0.15) is 15.9 Å². The fourth-order valence-corrected chi connectivity index (χ4v) is 2.39. The van der Waals surface area contributed by atoms with Gasteiger partial charge in [0, 0.05) is 0 Å². The molecule has 1 aromatic carbocycles. The van der Waals surface area contributed by atoms with Crippen molar-refractivity contribution in [2.75, 3.05) is 27.8 Å². The van der Waals surface area contributed by atoms with Crippen molar-refractivity contribution in [2.24, 2.45) is 0 Å². The van der Waals surface area contributed by atoms with Crippen molar-refractivity contribution in [3.05, 3.63) is 21.7 Å². The highest BCUT2D eigenvalue weighted by molar-refractivity contribution is 9.10. The standard InChI is InChI=1S/C12H16BrNO3/c1-7-5-8(13)11(16-3)12(17-4)10(7)9(15)6-14-2/h5,14H,6H2,1-4H3. The molecule has 1 N–H and O–H groups in total. The van der Waals surface area contributed by atoms with Crippen LogP contribution in [-0.4, -0.2) is 33.6 Å². The summed E-state index contributed by atoms with van der Waals surface area (Å²) in [5.74, 6) is 0.991. The number of aryl methyl sites for hydroxylation is 1. The van der Waals surface area contributed by atoms with E-state index >= 15 is 0 Å². The molecular weight excluding hydrogens is 286 g/mol. The highest BCUT2D eigenvalue weighted by Crippen LogP contribution is 2.40. The number of Topliss-reactive ketones (excluding diaryl/α,β-unsaturated/α-hetero) is 1. The number of halogens is 1. The quantitative estimate of drug-likeness (QED) is 0.847. The van der Waals surface area contributed by atoms with Crippen molar-refractivity contribution >= 4 is 21.7 Å². The lowest BCUT2D eigenvalue weighted by Crippen LogP contribution is -2.20. The van der Waals surface area contributed by atoms with E-state index < -0.39 is 0 Å². The number of rotatable bonds is 5. The number of ketones is 1. The summed E-state index contributed by atoms with van der Waals surface area (Å²) in [6.07, 6.45) is 0. The lowest BCUT2D eigenvalue weighted by molar-refractivity contribution is 0.0989. The number of likely N-dealkylation sites (N-methyl/N-ethyl adjacent to an activating group) is 1. The lowest BCUT2D eigenvalue weighted by Gasteiger charge is -2.16. The molecule has 0 saturated carbocycles. The second-order valence-corrected chi connectivity index (χ2v) is 4.42. The van der Waals surface area contributed by atoms with E-state index in [4.69, 9.17) is 9.47 Å². The zero-order valence-electron chi connectivity index (χ0n) is 10.4. The first kappa shape index (κ1) is 14.0. The molecule has 5 heteroatoms. The molecule has 0 fully saturated rings. The first-order valence-electron chi connectivity index (χ1n) is 5.15. The van der Waals surface area contributed by atoms with Gasteiger partial charge in [0.2, 0.25) is 0 Å². The van der Waals surface area contributed by atoms with Crippen LogP contribution in [0, 0.1) is 6.92 Å². The highest BCUT2D eigenvalue weighted by atomic mass is 79.9. The van der Waals surface area contributed by atoms with Crippen molar-refractivity contribution in [3.8, 4) is 11.5 Å². The van der Waals surface area contributed by atoms with Crippen LogP contribution < -0.4 is 14.8 Å². The molecule has 0 saturated heterocycles. The number of nitrogens with one attached hydrogen (secondary N) is 1. The minimum Gasteiger partial charge on any atom is -0.492 e. The molecule has 0 spiro atoms. The number of benzene rings is 1. The molecule has 0 aromatic heterocycles. The maximum atomic E-state index is 12.0. The third kappa shape index (κ3) is 2.79. The van der Waals surface area contributed by atoms with Crippen molar-refractivity contribution in [2.45, 2.75) is 6.92 Å². The molecule has 0 radical (unpaired) electrons. The van der Waals surface area contributed by atoms with Crippen LogP contribution in [0.2, 0.25) is 0 Å². The Labute approximate surface area is 109 Å². The topological polar surface area (TPSA) is 47.6 Å². The van der Waals surface area contributed by atoms with Gasteiger partial charge in [0.25, 0.3) is 0 Å². The van der Waals surface area contributed by atoms with Gasteiger partial charge in [-0.3, -0.25) is 4.79 Å². The summed E-state index contributed by atoms with van der Waals surface area (Å²) in [5.41, 5.74) is 1.41. The van der Waals surface area contributed by atoms with Gasteiger partial charge >= 0.3 is 0 Å². The average molecular weight is 302 g/mol. The van der Waals surface area contributed by atoms with E-state index in [9.17, 15) is 4.79 Å². The van der Waals surface area contributed by atoms with Crippen LogP contribution >= 0.6 is 15.9 Å². The summed E-state index contributed by atoms with van der Waals surface area (Å²) >= 11 is 3.39. The second kappa shape index (κ2) is 6.02. The predicted molar refractivity (Wildman–Crippen MR) is 70.2 cm³/mol. The Bertz CT molecular complexity index is 432. The van der Waals surface area contributed by atoms with Gasteiger partial charge in [0.15, 0.2) is 17.3 Å². The van der Waals surface area contributed by atoms with Gasteiger partial charge in [0.1, 0.15) is 0 Å². The number of ether oxygens (including phenoxy) is 2. The number of hydrogen-bond acceptors (Lipinski definition) is 4. The zero-order valence-corrected chi connectivity index (χ0v) is 12.0. The van der Waals surface area contributed by atoms with E-state index in [1.165, 1.54) is 7.11 Å².